The molecular formula is C14H26ClN3O2. The summed E-state index contributed by atoms with van der Waals surface area (Å²) in [4.78, 5) is 28.1. The molecule has 2 aliphatic heterocycles. The van der Waals surface area contributed by atoms with E-state index in [1.807, 2.05) is 11.8 Å². The van der Waals surface area contributed by atoms with E-state index < -0.39 is 0 Å². The van der Waals surface area contributed by atoms with Crippen molar-refractivity contribution in [3.8, 4) is 0 Å². The van der Waals surface area contributed by atoms with Gasteiger partial charge in [0.25, 0.3) is 0 Å². The van der Waals surface area contributed by atoms with Crippen molar-refractivity contribution in [3.63, 3.8) is 0 Å². The number of likely N-dealkylation sites (tertiary alicyclic amines) is 2. The van der Waals surface area contributed by atoms with E-state index in [0.717, 1.165) is 38.9 Å². The van der Waals surface area contributed by atoms with Gasteiger partial charge in [-0.3, -0.25) is 9.59 Å². The molecule has 1 unspecified atom stereocenters. The summed E-state index contributed by atoms with van der Waals surface area (Å²) < 4.78 is 0. The molecule has 0 aliphatic carbocycles. The van der Waals surface area contributed by atoms with E-state index in [1.54, 1.807) is 4.90 Å². The van der Waals surface area contributed by atoms with Crippen LogP contribution in [0.4, 0.5) is 0 Å². The van der Waals surface area contributed by atoms with E-state index in [2.05, 4.69) is 0 Å². The minimum atomic E-state index is -0.246. The zero-order valence-electron chi connectivity index (χ0n) is 12.2. The Balaban J connectivity index is 0.00000200. The first-order valence-corrected chi connectivity index (χ1v) is 7.45. The summed E-state index contributed by atoms with van der Waals surface area (Å²) in [6.45, 7) is 5.02. The average molecular weight is 304 g/mol. The molecule has 0 spiro atoms. The zero-order valence-corrected chi connectivity index (χ0v) is 13.0. The smallest absolute Gasteiger partial charge is 0.245 e. The minimum absolute atomic E-state index is 0. The second-order valence-electron chi connectivity index (χ2n) is 5.62. The molecule has 0 aromatic heterocycles. The Morgan fingerprint density at radius 1 is 1.35 bits per heavy atom. The summed E-state index contributed by atoms with van der Waals surface area (Å²) in [5, 5.41) is 0. The highest BCUT2D eigenvalue weighted by molar-refractivity contribution is 5.88. The molecule has 2 aliphatic rings. The normalized spacial score (nSPS) is 21.8. The lowest BCUT2D eigenvalue weighted by Gasteiger charge is -2.36. The monoisotopic (exact) mass is 303 g/mol. The first-order chi connectivity index (χ1) is 9.17. The van der Waals surface area contributed by atoms with Gasteiger partial charge in [0.1, 0.15) is 6.04 Å². The van der Waals surface area contributed by atoms with Crippen LogP contribution < -0.4 is 5.73 Å². The Bertz CT molecular complexity index is 343. The Morgan fingerprint density at radius 3 is 2.45 bits per heavy atom. The minimum Gasteiger partial charge on any atom is -0.341 e. The summed E-state index contributed by atoms with van der Waals surface area (Å²) in [6, 6.07) is -0.246. The molecule has 0 radical (unpaired) electrons. The molecule has 2 heterocycles. The molecule has 0 bridgehead atoms. The van der Waals surface area contributed by atoms with Crippen LogP contribution in [0.1, 0.15) is 39.0 Å². The van der Waals surface area contributed by atoms with Gasteiger partial charge in [0.15, 0.2) is 0 Å². The number of hydrogen-bond donors (Lipinski definition) is 1. The molecule has 2 saturated heterocycles. The van der Waals surface area contributed by atoms with Crippen molar-refractivity contribution in [2.45, 2.75) is 45.1 Å². The van der Waals surface area contributed by atoms with E-state index in [0.29, 0.717) is 25.3 Å². The highest BCUT2D eigenvalue weighted by Crippen LogP contribution is 2.21. The fraction of sp³-hybridized carbons (Fsp3) is 0.857. The van der Waals surface area contributed by atoms with Crippen molar-refractivity contribution in [1.82, 2.24) is 9.80 Å². The average Bonchev–Trinajstić information content (AvgIpc) is 2.86. The van der Waals surface area contributed by atoms with Gasteiger partial charge in [-0.1, -0.05) is 6.92 Å². The van der Waals surface area contributed by atoms with Crippen molar-refractivity contribution >= 4 is 24.2 Å². The highest BCUT2D eigenvalue weighted by atomic mass is 35.5. The molecular weight excluding hydrogens is 278 g/mol. The second-order valence-corrected chi connectivity index (χ2v) is 5.62. The standard InChI is InChI=1S/C14H25N3O2.ClH/c1-2-12(17-7-3-4-13(17)18)14(19)16-8-5-11(10-15)6-9-16;/h11-12H,2-10,15H2,1H3;1H. The van der Waals surface area contributed by atoms with Gasteiger partial charge < -0.3 is 15.5 Å². The fourth-order valence-electron chi connectivity index (χ4n) is 3.13. The van der Waals surface area contributed by atoms with E-state index in [9.17, 15) is 9.59 Å². The number of rotatable bonds is 4. The SMILES string of the molecule is CCC(C(=O)N1CCC(CN)CC1)N1CCCC1=O.Cl. The maximum absolute atomic E-state index is 12.6. The number of nitrogens with zero attached hydrogens (tertiary/aromatic N) is 2. The largest absolute Gasteiger partial charge is 0.341 e. The number of amides is 2. The van der Waals surface area contributed by atoms with Crippen LogP contribution in [0, 0.1) is 5.92 Å². The number of carbonyl (C=O) groups excluding carboxylic acids is 2. The summed E-state index contributed by atoms with van der Waals surface area (Å²) >= 11 is 0. The quantitative estimate of drug-likeness (QED) is 0.843. The maximum atomic E-state index is 12.6. The van der Waals surface area contributed by atoms with Gasteiger partial charge in [-0.25, -0.2) is 0 Å². The molecule has 0 saturated carbocycles. The molecule has 2 fully saturated rings. The van der Waals surface area contributed by atoms with Crippen molar-refractivity contribution in [3.05, 3.63) is 0 Å². The molecule has 2 amide bonds. The van der Waals surface area contributed by atoms with Gasteiger partial charge in [-0.2, -0.15) is 0 Å². The number of piperidine rings is 1. The van der Waals surface area contributed by atoms with E-state index >= 15 is 0 Å². The van der Waals surface area contributed by atoms with Gasteiger partial charge in [0.05, 0.1) is 0 Å². The Labute approximate surface area is 127 Å². The topological polar surface area (TPSA) is 66.6 Å². The summed E-state index contributed by atoms with van der Waals surface area (Å²) in [5.41, 5.74) is 5.67. The van der Waals surface area contributed by atoms with Gasteiger partial charge in [0, 0.05) is 26.1 Å². The van der Waals surface area contributed by atoms with E-state index in [4.69, 9.17) is 5.73 Å². The number of halogens is 1. The Kier molecular flexibility index (Phi) is 6.76. The summed E-state index contributed by atoms with van der Waals surface area (Å²) in [7, 11) is 0. The molecule has 20 heavy (non-hydrogen) atoms. The lowest BCUT2D eigenvalue weighted by atomic mass is 9.96. The van der Waals surface area contributed by atoms with Crippen LogP contribution in [0.25, 0.3) is 0 Å². The van der Waals surface area contributed by atoms with Gasteiger partial charge in [-0.05, 0) is 38.1 Å². The zero-order chi connectivity index (χ0) is 13.8. The van der Waals surface area contributed by atoms with Crippen molar-refractivity contribution in [2.24, 2.45) is 11.7 Å². The third kappa shape index (κ3) is 3.64. The number of hydrogen-bond acceptors (Lipinski definition) is 3. The fourth-order valence-corrected chi connectivity index (χ4v) is 3.13. The predicted molar refractivity (Wildman–Crippen MR) is 80.6 cm³/mol. The summed E-state index contributed by atoms with van der Waals surface area (Å²) in [6.07, 6.45) is 4.18. The van der Waals surface area contributed by atoms with Crippen LogP contribution in [0.2, 0.25) is 0 Å². The Hall–Kier alpha value is -0.810. The van der Waals surface area contributed by atoms with Crippen LogP contribution in [0.3, 0.4) is 0 Å². The third-order valence-electron chi connectivity index (χ3n) is 4.42. The lowest BCUT2D eigenvalue weighted by molar-refractivity contribution is -0.144. The van der Waals surface area contributed by atoms with Crippen molar-refractivity contribution < 1.29 is 9.59 Å². The summed E-state index contributed by atoms with van der Waals surface area (Å²) in [5.74, 6) is 0.822. The van der Waals surface area contributed by atoms with Crippen LogP contribution >= 0.6 is 12.4 Å². The number of carbonyl (C=O) groups is 2. The van der Waals surface area contributed by atoms with E-state index in [1.165, 1.54) is 0 Å². The van der Waals surface area contributed by atoms with Crippen LogP contribution in [-0.2, 0) is 9.59 Å². The molecule has 0 aromatic carbocycles. The molecule has 2 N–H and O–H groups in total. The number of nitrogens with two attached hydrogens (primary N) is 1. The van der Waals surface area contributed by atoms with Crippen LogP contribution in [0.15, 0.2) is 0 Å². The van der Waals surface area contributed by atoms with Crippen LogP contribution in [0.5, 0.6) is 0 Å². The molecule has 2 rings (SSSR count). The molecule has 6 heteroatoms. The predicted octanol–water partition coefficient (Wildman–Crippen LogP) is 1.01. The molecule has 1 atom stereocenters. The van der Waals surface area contributed by atoms with E-state index in [-0.39, 0.29) is 30.3 Å². The first-order valence-electron chi connectivity index (χ1n) is 7.45. The first kappa shape index (κ1) is 17.2. The third-order valence-corrected chi connectivity index (χ3v) is 4.42. The molecule has 5 nitrogen and oxygen atoms in total. The highest BCUT2D eigenvalue weighted by Gasteiger charge is 2.34. The van der Waals surface area contributed by atoms with Gasteiger partial charge in [0.2, 0.25) is 11.8 Å². The molecule has 116 valence electrons. The van der Waals surface area contributed by atoms with Gasteiger partial charge in [-0.15, -0.1) is 12.4 Å². The molecule has 0 aromatic rings. The van der Waals surface area contributed by atoms with Gasteiger partial charge >= 0.3 is 0 Å². The van der Waals surface area contributed by atoms with Crippen molar-refractivity contribution in [1.29, 1.82) is 0 Å². The van der Waals surface area contributed by atoms with Crippen molar-refractivity contribution in [2.75, 3.05) is 26.2 Å². The second kappa shape index (κ2) is 7.84. The Morgan fingerprint density at radius 2 is 2.00 bits per heavy atom. The maximum Gasteiger partial charge on any atom is 0.245 e. The lowest BCUT2D eigenvalue weighted by Crippen LogP contribution is -2.51. The van der Waals surface area contributed by atoms with Crippen LogP contribution in [-0.4, -0.2) is 53.8 Å².